The first-order valence-electron chi connectivity index (χ1n) is 6.14. The Morgan fingerprint density at radius 1 is 1.50 bits per heavy atom. The van der Waals surface area contributed by atoms with Gasteiger partial charge in [-0.3, -0.25) is 4.79 Å². The fourth-order valence-corrected chi connectivity index (χ4v) is 2.61. The lowest BCUT2D eigenvalue weighted by atomic mass is 10.1. The van der Waals surface area contributed by atoms with Crippen LogP contribution < -0.4 is 20.5 Å². The topological polar surface area (TPSA) is 111 Å². The number of anilines is 1. The molecule has 8 heteroatoms. The zero-order chi connectivity index (χ0) is 14.8. The lowest BCUT2D eigenvalue weighted by Crippen LogP contribution is -2.25. The van der Waals surface area contributed by atoms with Crippen LogP contribution in [0.15, 0.2) is 23.1 Å². The molecular weight excluding hydrogens is 282 g/mol. The predicted molar refractivity (Wildman–Crippen MR) is 74.0 cm³/mol. The SMILES string of the molecule is COc1ccc(S(N)(=O)=O)cc1NC(=O)C1CCNC1. The van der Waals surface area contributed by atoms with Crippen LogP contribution in [0.5, 0.6) is 5.75 Å². The number of hydrogen-bond acceptors (Lipinski definition) is 5. The van der Waals surface area contributed by atoms with Crippen molar-refractivity contribution in [2.45, 2.75) is 11.3 Å². The minimum absolute atomic E-state index is 0.0712. The molecule has 7 nitrogen and oxygen atoms in total. The summed E-state index contributed by atoms with van der Waals surface area (Å²) < 4.78 is 27.8. The number of rotatable bonds is 4. The Morgan fingerprint density at radius 3 is 2.80 bits per heavy atom. The zero-order valence-electron chi connectivity index (χ0n) is 11.0. The van der Waals surface area contributed by atoms with Gasteiger partial charge in [-0.05, 0) is 31.2 Å². The van der Waals surface area contributed by atoms with E-state index in [0.717, 1.165) is 13.0 Å². The number of primary sulfonamides is 1. The molecule has 1 amide bonds. The Morgan fingerprint density at radius 2 is 2.25 bits per heavy atom. The molecule has 1 aliphatic rings. The summed E-state index contributed by atoms with van der Waals surface area (Å²) in [5.74, 6) is 0.0921. The highest BCUT2D eigenvalue weighted by Gasteiger charge is 2.23. The lowest BCUT2D eigenvalue weighted by molar-refractivity contribution is -0.119. The van der Waals surface area contributed by atoms with E-state index in [-0.39, 0.29) is 16.7 Å². The number of nitrogens with two attached hydrogens (primary N) is 1. The highest BCUT2D eigenvalue weighted by atomic mass is 32.2. The lowest BCUT2D eigenvalue weighted by Gasteiger charge is -2.14. The average molecular weight is 299 g/mol. The fourth-order valence-electron chi connectivity index (χ4n) is 2.07. The first-order chi connectivity index (χ1) is 9.41. The summed E-state index contributed by atoms with van der Waals surface area (Å²) in [6.45, 7) is 1.41. The molecule has 0 aromatic heterocycles. The second-order valence-electron chi connectivity index (χ2n) is 4.59. The number of sulfonamides is 1. The van der Waals surface area contributed by atoms with Crippen molar-refractivity contribution in [1.82, 2.24) is 5.32 Å². The van der Waals surface area contributed by atoms with Crippen molar-refractivity contribution in [3.8, 4) is 5.75 Å². The summed E-state index contributed by atoms with van der Waals surface area (Å²) in [5.41, 5.74) is 0.302. The van der Waals surface area contributed by atoms with Gasteiger partial charge in [-0.15, -0.1) is 0 Å². The van der Waals surface area contributed by atoms with Gasteiger partial charge in [0.25, 0.3) is 0 Å². The van der Waals surface area contributed by atoms with Gasteiger partial charge in [0, 0.05) is 6.54 Å². The number of amides is 1. The number of carbonyl (C=O) groups is 1. The van der Waals surface area contributed by atoms with E-state index in [0.29, 0.717) is 18.0 Å². The van der Waals surface area contributed by atoms with Crippen LogP contribution in [0.1, 0.15) is 6.42 Å². The summed E-state index contributed by atoms with van der Waals surface area (Å²) in [5, 5.41) is 10.9. The normalized spacial score (nSPS) is 18.8. The van der Waals surface area contributed by atoms with Gasteiger partial charge in [-0.25, -0.2) is 13.6 Å². The van der Waals surface area contributed by atoms with Crippen LogP contribution in [0.3, 0.4) is 0 Å². The largest absolute Gasteiger partial charge is 0.495 e. The standard InChI is InChI=1S/C12H17N3O4S/c1-19-11-3-2-9(20(13,17)18)6-10(11)15-12(16)8-4-5-14-7-8/h2-3,6,8,14H,4-5,7H2,1H3,(H,15,16)(H2,13,17,18). The molecule has 1 aliphatic heterocycles. The van der Waals surface area contributed by atoms with Gasteiger partial charge in [0.15, 0.2) is 0 Å². The second-order valence-corrected chi connectivity index (χ2v) is 6.15. The third-order valence-corrected chi connectivity index (χ3v) is 4.10. The molecule has 0 bridgehead atoms. The van der Waals surface area contributed by atoms with Gasteiger partial charge in [-0.2, -0.15) is 0 Å². The minimum atomic E-state index is -3.82. The maximum Gasteiger partial charge on any atom is 0.238 e. The minimum Gasteiger partial charge on any atom is -0.495 e. The molecule has 4 N–H and O–H groups in total. The average Bonchev–Trinajstić information content (AvgIpc) is 2.91. The predicted octanol–water partition coefficient (Wildman–Crippen LogP) is -0.109. The summed E-state index contributed by atoms with van der Waals surface area (Å²) in [6.07, 6.45) is 0.753. The van der Waals surface area contributed by atoms with Crippen molar-refractivity contribution in [1.29, 1.82) is 0 Å². The highest BCUT2D eigenvalue weighted by Crippen LogP contribution is 2.27. The van der Waals surface area contributed by atoms with E-state index in [4.69, 9.17) is 9.88 Å². The molecule has 20 heavy (non-hydrogen) atoms. The van der Waals surface area contributed by atoms with Crippen LogP contribution in [-0.4, -0.2) is 34.5 Å². The molecule has 1 unspecified atom stereocenters. The van der Waals surface area contributed by atoms with E-state index in [9.17, 15) is 13.2 Å². The molecule has 1 aromatic rings. The Hall–Kier alpha value is -1.64. The Kier molecular flexibility index (Phi) is 4.26. The number of nitrogens with one attached hydrogen (secondary N) is 2. The van der Waals surface area contributed by atoms with E-state index >= 15 is 0 Å². The van der Waals surface area contributed by atoms with Crippen molar-refractivity contribution in [2.24, 2.45) is 11.1 Å². The van der Waals surface area contributed by atoms with Crippen LogP contribution in [0.2, 0.25) is 0 Å². The van der Waals surface area contributed by atoms with Crippen molar-refractivity contribution < 1.29 is 17.9 Å². The maximum absolute atomic E-state index is 12.1. The number of hydrogen-bond donors (Lipinski definition) is 3. The molecule has 2 rings (SSSR count). The highest BCUT2D eigenvalue weighted by molar-refractivity contribution is 7.89. The smallest absolute Gasteiger partial charge is 0.238 e. The van der Waals surface area contributed by atoms with E-state index in [1.165, 1.54) is 25.3 Å². The number of methoxy groups -OCH3 is 1. The third kappa shape index (κ3) is 3.27. The zero-order valence-corrected chi connectivity index (χ0v) is 11.9. The van der Waals surface area contributed by atoms with Crippen molar-refractivity contribution in [2.75, 3.05) is 25.5 Å². The molecular formula is C12H17N3O4S. The molecule has 1 heterocycles. The second kappa shape index (κ2) is 5.78. The monoisotopic (exact) mass is 299 g/mol. The number of ether oxygens (including phenoxy) is 1. The molecule has 110 valence electrons. The molecule has 1 fully saturated rings. The van der Waals surface area contributed by atoms with Crippen LogP contribution >= 0.6 is 0 Å². The van der Waals surface area contributed by atoms with Crippen molar-refractivity contribution in [3.05, 3.63) is 18.2 Å². The van der Waals surface area contributed by atoms with E-state index < -0.39 is 10.0 Å². The third-order valence-electron chi connectivity index (χ3n) is 3.19. The molecule has 1 atom stereocenters. The van der Waals surface area contributed by atoms with Crippen LogP contribution in [0.25, 0.3) is 0 Å². The Balaban J connectivity index is 2.26. The van der Waals surface area contributed by atoms with Crippen molar-refractivity contribution in [3.63, 3.8) is 0 Å². The maximum atomic E-state index is 12.1. The van der Waals surface area contributed by atoms with Crippen molar-refractivity contribution >= 4 is 21.6 Å². The van der Waals surface area contributed by atoms with Gasteiger partial charge >= 0.3 is 0 Å². The summed E-state index contributed by atoms with van der Waals surface area (Å²) in [7, 11) is -2.38. The summed E-state index contributed by atoms with van der Waals surface area (Å²) >= 11 is 0. The van der Waals surface area contributed by atoms with Gasteiger partial charge in [0.05, 0.1) is 23.6 Å². The van der Waals surface area contributed by atoms with Gasteiger partial charge in [-0.1, -0.05) is 0 Å². The van der Waals surface area contributed by atoms with Gasteiger partial charge in [0.2, 0.25) is 15.9 Å². The molecule has 0 saturated carbocycles. The molecule has 1 aromatic carbocycles. The van der Waals surface area contributed by atoms with E-state index in [1.807, 2.05) is 0 Å². The van der Waals surface area contributed by atoms with Crippen LogP contribution in [-0.2, 0) is 14.8 Å². The Labute approximate surface area is 117 Å². The Bertz CT molecular complexity index is 609. The quantitative estimate of drug-likeness (QED) is 0.718. The van der Waals surface area contributed by atoms with Crippen LogP contribution in [0.4, 0.5) is 5.69 Å². The summed E-state index contributed by atoms with van der Waals surface area (Å²) in [4.78, 5) is 12.0. The van der Waals surface area contributed by atoms with E-state index in [1.54, 1.807) is 0 Å². The number of carbonyl (C=O) groups excluding carboxylic acids is 1. The van der Waals surface area contributed by atoms with Gasteiger partial charge in [0.1, 0.15) is 5.75 Å². The van der Waals surface area contributed by atoms with Gasteiger partial charge < -0.3 is 15.4 Å². The molecule has 1 saturated heterocycles. The van der Waals surface area contributed by atoms with Crippen LogP contribution in [0, 0.1) is 5.92 Å². The molecule has 0 spiro atoms. The summed E-state index contributed by atoms with van der Waals surface area (Å²) in [6, 6.07) is 4.09. The first kappa shape index (κ1) is 14.8. The van der Waals surface area contributed by atoms with E-state index in [2.05, 4.69) is 10.6 Å². The number of benzene rings is 1. The first-order valence-corrected chi connectivity index (χ1v) is 7.69. The molecule has 0 radical (unpaired) electrons. The molecule has 0 aliphatic carbocycles. The fraction of sp³-hybridized carbons (Fsp3) is 0.417.